The fourth-order valence-electron chi connectivity index (χ4n) is 3.34. The lowest BCUT2D eigenvalue weighted by Crippen LogP contribution is -2.29. The van der Waals surface area contributed by atoms with Crippen molar-refractivity contribution in [1.29, 1.82) is 0 Å². The summed E-state index contributed by atoms with van der Waals surface area (Å²) in [5, 5.41) is 4.24. The molecule has 4 rings (SSSR count). The molecule has 3 aromatic carbocycles. The largest absolute Gasteiger partial charge is 0.322 e. The number of rotatable bonds is 3. The van der Waals surface area contributed by atoms with Crippen LogP contribution in [0.15, 0.2) is 83.7 Å². The molecule has 0 aliphatic rings. The molecule has 0 fully saturated rings. The Labute approximate surface area is 167 Å². The van der Waals surface area contributed by atoms with Crippen LogP contribution in [0.25, 0.3) is 22.0 Å². The van der Waals surface area contributed by atoms with Crippen LogP contribution in [0.4, 0.5) is 5.69 Å². The first kappa shape index (κ1) is 18.0. The maximum absolute atomic E-state index is 13.2. The number of carbonyl (C=O) groups is 1. The Hall–Kier alpha value is -3.37. The molecule has 0 saturated heterocycles. The van der Waals surface area contributed by atoms with E-state index in [-0.39, 0.29) is 11.1 Å². The molecule has 138 valence electrons. The van der Waals surface area contributed by atoms with Gasteiger partial charge in [-0.25, -0.2) is 0 Å². The second-order valence-electron chi connectivity index (χ2n) is 6.46. The molecule has 4 aromatic rings. The topological polar surface area (TPSA) is 51.1 Å². The van der Waals surface area contributed by atoms with Crippen molar-refractivity contribution >= 4 is 34.1 Å². The number of amides is 1. The molecule has 0 aliphatic heterocycles. The van der Waals surface area contributed by atoms with E-state index in [1.165, 1.54) is 4.57 Å². The number of aryl methyl sites for hydroxylation is 1. The molecule has 1 aromatic heterocycles. The van der Waals surface area contributed by atoms with Gasteiger partial charge in [0.05, 0.1) is 5.52 Å². The van der Waals surface area contributed by atoms with Crippen LogP contribution in [-0.2, 0) is 7.05 Å². The van der Waals surface area contributed by atoms with Gasteiger partial charge in [0, 0.05) is 28.7 Å². The molecule has 0 spiro atoms. The number of carbonyl (C=O) groups excluding carboxylic acids is 1. The highest BCUT2D eigenvalue weighted by Gasteiger charge is 2.22. The van der Waals surface area contributed by atoms with Crippen LogP contribution in [0.3, 0.4) is 0 Å². The summed E-state index contributed by atoms with van der Waals surface area (Å²) < 4.78 is 1.51. The molecular weight excluding hydrogens is 372 g/mol. The minimum absolute atomic E-state index is 0.113. The maximum Gasteiger partial charge on any atom is 0.264 e. The Kier molecular flexibility index (Phi) is 4.72. The zero-order valence-corrected chi connectivity index (χ0v) is 15.9. The second kappa shape index (κ2) is 7.33. The second-order valence-corrected chi connectivity index (χ2v) is 6.89. The molecule has 1 heterocycles. The van der Waals surface area contributed by atoms with Crippen molar-refractivity contribution in [2.45, 2.75) is 0 Å². The number of benzene rings is 3. The fourth-order valence-corrected chi connectivity index (χ4v) is 3.46. The Morgan fingerprint density at radius 1 is 0.893 bits per heavy atom. The van der Waals surface area contributed by atoms with E-state index in [9.17, 15) is 9.59 Å². The van der Waals surface area contributed by atoms with Crippen molar-refractivity contribution in [3.05, 3.63) is 99.8 Å². The van der Waals surface area contributed by atoms with Crippen LogP contribution in [0.2, 0.25) is 5.02 Å². The summed E-state index contributed by atoms with van der Waals surface area (Å²) in [6, 6.07) is 23.9. The van der Waals surface area contributed by atoms with Gasteiger partial charge in [0.15, 0.2) is 0 Å². The predicted octanol–water partition coefficient (Wildman–Crippen LogP) is 5.11. The molecular formula is C23H17ClN2O2. The molecule has 0 aliphatic carbocycles. The van der Waals surface area contributed by atoms with E-state index in [1.54, 1.807) is 31.3 Å². The van der Waals surface area contributed by atoms with E-state index in [1.807, 2.05) is 54.6 Å². The number of hydrogen-bond donors (Lipinski definition) is 1. The number of hydrogen-bond acceptors (Lipinski definition) is 2. The highest BCUT2D eigenvalue weighted by Crippen LogP contribution is 2.30. The van der Waals surface area contributed by atoms with E-state index in [4.69, 9.17) is 11.6 Å². The number of nitrogens with one attached hydrogen (secondary N) is 1. The third-order valence-electron chi connectivity index (χ3n) is 4.69. The summed E-state index contributed by atoms with van der Waals surface area (Å²) in [6.45, 7) is 0. The SMILES string of the molecule is Cn1c(=O)c(C(=O)Nc2ccc(Cl)cc2)c(-c2ccccc2)c2ccccc21. The Morgan fingerprint density at radius 2 is 1.54 bits per heavy atom. The first-order valence-corrected chi connectivity index (χ1v) is 9.18. The summed E-state index contributed by atoms with van der Waals surface area (Å²) in [4.78, 5) is 26.3. The monoisotopic (exact) mass is 388 g/mol. The minimum Gasteiger partial charge on any atom is -0.322 e. The van der Waals surface area contributed by atoms with Crippen LogP contribution in [0.5, 0.6) is 0 Å². The average Bonchev–Trinajstić information content (AvgIpc) is 2.72. The lowest BCUT2D eigenvalue weighted by molar-refractivity contribution is 0.102. The Bertz CT molecular complexity index is 1230. The zero-order chi connectivity index (χ0) is 19.7. The van der Waals surface area contributed by atoms with Crippen molar-refractivity contribution in [2.75, 3.05) is 5.32 Å². The third-order valence-corrected chi connectivity index (χ3v) is 4.95. The van der Waals surface area contributed by atoms with Crippen LogP contribution in [0, 0.1) is 0 Å². The van der Waals surface area contributed by atoms with Crippen molar-refractivity contribution < 1.29 is 4.79 Å². The molecule has 1 amide bonds. The Morgan fingerprint density at radius 3 is 2.25 bits per heavy atom. The van der Waals surface area contributed by atoms with Gasteiger partial charge in [-0.3, -0.25) is 9.59 Å². The van der Waals surface area contributed by atoms with Crippen molar-refractivity contribution in [3.8, 4) is 11.1 Å². The molecule has 0 radical (unpaired) electrons. The van der Waals surface area contributed by atoms with Gasteiger partial charge in [0.2, 0.25) is 0 Å². The fraction of sp³-hybridized carbons (Fsp3) is 0.0435. The summed E-state index contributed by atoms with van der Waals surface area (Å²) in [5.41, 5.74) is 2.56. The highest BCUT2D eigenvalue weighted by molar-refractivity contribution is 6.30. The number of para-hydroxylation sites is 1. The van der Waals surface area contributed by atoms with Gasteiger partial charge < -0.3 is 9.88 Å². The smallest absolute Gasteiger partial charge is 0.264 e. The van der Waals surface area contributed by atoms with Gasteiger partial charge >= 0.3 is 0 Å². The van der Waals surface area contributed by atoms with E-state index in [0.717, 1.165) is 16.5 Å². The van der Waals surface area contributed by atoms with Crippen molar-refractivity contribution in [3.63, 3.8) is 0 Å². The van der Waals surface area contributed by atoms with E-state index < -0.39 is 5.91 Å². The van der Waals surface area contributed by atoms with Crippen LogP contribution < -0.4 is 10.9 Å². The zero-order valence-electron chi connectivity index (χ0n) is 15.1. The number of nitrogens with zero attached hydrogens (tertiary/aromatic N) is 1. The van der Waals surface area contributed by atoms with E-state index in [0.29, 0.717) is 16.3 Å². The van der Waals surface area contributed by atoms with E-state index in [2.05, 4.69) is 5.32 Å². The minimum atomic E-state index is -0.451. The number of aromatic nitrogens is 1. The molecule has 5 heteroatoms. The summed E-state index contributed by atoms with van der Waals surface area (Å²) in [7, 11) is 1.68. The number of anilines is 1. The highest BCUT2D eigenvalue weighted by atomic mass is 35.5. The van der Waals surface area contributed by atoms with Gasteiger partial charge in [-0.2, -0.15) is 0 Å². The number of fused-ring (bicyclic) bond motifs is 1. The maximum atomic E-state index is 13.2. The lowest BCUT2D eigenvalue weighted by atomic mass is 9.95. The average molecular weight is 389 g/mol. The summed E-state index contributed by atoms with van der Waals surface area (Å²) in [5.74, 6) is -0.451. The molecule has 28 heavy (non-hydrogen) atoms. The van der Waals surface area contributed by atoms with Crippen molar-refractivity contribution in [1.82, 2.24) is 4.57 Å². The number of pyridine rings is 1. The quantitative estimate of drug-likeness (QED) is 0.530. The van der Waals surface area contributed by atoms with Crippen LogP contribution in [0.1, 0.15) is 10.4 Å². The lowest BCUT2D eigenvalue weighted by Gasteiger charge is -2.16. The summed E-state index contributed by atoms with van der Waals surface area (Å²) >= 11 is 5.92. The molecule has 0 saturated carbocycles. The number of halogens is 1. The first-order valence-electron chi connectivity index (χ1n) is 8.80. The molecule has 0 atom stereocenters. The van der Waals surface area contributed by atoms with Crippen LogP contribution >= 0.6 is 11.6 Å². The van der Waals surface area contributed by atoms with E-state index >= 15 is 0 Å². The van der Waals surface area contributed by atoms with Gasteiger partial charge in [-0.15, -0.1) is 0 Å². The third kappa shape index (κ3) is 3.19. The molecule has 1 N–H and O–H groups in total. The Balaban J connectivity index is 1.96. The predicted molar refractivity (Wildman–Crippen MR) is 114 cm³/mol. The van der Waals surface area contributed by atoms with Gasteiger partial charge in [-0.05, 0) is 35.9 Å². The normalized spacial score (nSPS) is 10.8. The van der Waals surface area contributed by atoms with Crippen molar-refractivity contribution in [2.24, 2.45) is 7.05 Å². The molecule has 0 bridgehead atoms. The van der Waals surface area contributed by atoms with Gasteiger partial charge in [0.1, 0.15) is 5.56 Å². The molecule has 4 nitrogen and oxygen atoms in total. The summed E-state index contributed by atoms with van der Waals surface area (Å²) in [6.07, 6.45) is 0. The van der Waals surface area contributed by atoms with Gasteiger partial charge in [-0.1, -0.05) is 60.1 Å². The van der Waals surface area contributed by atoms with Crippen LogP contribution in [-0.4, -0.2) is 10.5 Å². The first-order chi connectivity index (χ1) is 13.6. The standard InChI is InChI=1S/C23H17ClN2O2/c1-26-19-10-6-5-9-18(19)20(15-7-3-2-4-8-15)21(23(26)28)22(27)25-17-13-11-16(24)12-14-17/h2-14H,1H3,(H,25,27). The van der Waals surface area contributed by atoms with Gasteiger partial charge in [0.25, 0.3) is 11.5 Å². The molecule has 0 unspecified atom stereocenters.